The van der Waals surface area contributed by atoms with E-state index in [1.165, 1.54) is 10.8 Å². The van der Waals surface area contributed by atoms with Crippen LogP contribution in [0, 0.1) is 0 Å². The van der Waals surface area contributed by atoms with Gasteiger partial charge in [-0.25, -0.2) is 4.98 Å². The summed E-state index contributed by atoms with van der Waals surface area (Å²) in [6.07, 6.45) is -0.776. The van der Waals surface area contributed by atoms with Gasteiger partial charge in [0.2, 0.25) is 0 Å². The molecule has 0 spiro atoms. The Hall–Kier alpha value is -1.90. The number of aromatic nitrogens is 4. The number of anilines is 1. The van der Waals surface area contributed by atoms with Gasteiger partial charge >= 0.3 is 6.18 Å². The van der Waals surface area contributed by atoms with Gasteiger partial charge in [0.15, 0.2) is 5.69 Å². The minimum Gasteiger partial charge on any atom is -0.376 e. The Morgan fingerprint density at radius 1 is 1.50 bits per heavy atom. The van der Waals surface area contributed by atoms with E-state index in [1.807, 2.05) is 6.92 Å². The molecule has 1 saturated heterocycles. The van der Waals surface area contributed by atoms with E-state index in [-0.39, 0.29) is 23.7 Å². The van der Waals surface area contributed by atoms with Gasteiger partial charge in [-0.1, -0.05) is 6.92 Å². The second kappa shape index (κ2) is 5.71. The molecular formula is C13H16F3N5O. The molecular weight excluding hydrogens is 299 g/mol. The quantitative estimate of drug-likeness (QED) is 0.939. The predicted octanol–water partition coefficient (Wildman–Crippen LogP) is 2.51. The van der Waals surface area contributed by atoms with Crippen molar-refractivity contribution in [2.45, 2.75) is 44.5 Å². The number of rotatable bonds is 4. The largest absolute Gasteiger partial charge is 0.433 e. The molecule has 0 saturated carbocycles. The number of nitrogens with one attached hydrogen (secondary N) is 1. The number of hydrogen-bond acceptors (Lipinski definition) is 5. The number of halogens is 3. The summed E-state index contributed by atoms with van der Waals surface area (Å²) in [5.74, 6) is 0.136. The number of ether oxygens (including phenoxy) is 1. The highest BCUT2D eigenvalue weighted by atomic mass is 19.4. The first-order valence-corrected chi connectivity index (χ1v) is 7.15. The fraction of sp³-hybridized carbons (Fsp3) is 0.615. The third-order valence-corrected chi connectivity index (χ3v) is 3.73. The molecule has 9 heteroatoms. The lowest BCUT2D eigenvalue weighted by atomic mass is 10.1. The first kappa shape index (κ1) is 15.0. The minimum absolute atomic E-state index is 0.00827. The lowest BCUT2D eigenvalue weighted by molar-refractivity contribution is -0.141. The van der Waals surface area contributed by atoms with E-state index in [0.29, 0.717) is 6.61 Å². The Labute approximate surface area is 124 Å². The Bertz CT molecular complexity index is 651. The normalized spacial score (nSPS) is 20.5. The molecule has 6 nitrogen and oxygen atoms in total. The SMILES string of the molecule is CCC(Nc1cc(C(F)(F)F)nc2ncnn12)C1CCCO1. The first-order chi connectivity index (χ1) is 10.5. The molecule has 2 aromatic heterocycles. The summed E-state index contributed by atoms with van der Waals surface area (Å²) in [5.41, 5.74) is -0.988. The Morgan fingerprint density at radius 3 is 2.95 bits per heavy atom. The summed E-state index contributed by atoms with van der Waals surface area (Å²) in [5, 5.41) is 7.04. The molecule has 3 rings (SSSR count). The van der Waals surface area contributed by atoms with Crippen molar-refractivity contribution in [3.05, 3.63) is 18.1 Å². The van der Waals surface area contributed by atoms with E-state index < -0.39 is 11.9 Å². The molecule has 1 aliphatic heterocycles. The van der Waals surface area contributed by atoms with Crippen LogP contribution in [0.4, 0.5) is 19.0 Å². The van der Waals surface area contributed by atoms with Crippen LogP contribution in [0.1, 0.15) is 31.9 Å². The van der Waals surface area contributed by atoms with Crippen LogP contribution in [0.15, 0.2) is 12.4 Å². The van der Waals surface area contributed by atoms with Crippen molar-refractivity contribution in [3.63, 3.8) is 0 Å². The number of fused-ring (bicyclic) bond motifs is 1. The average molecular weight is 315 g/mol. The van der Waals surface area contributed by atoms with E-state index in [2.05, 4.69) is 20.4 Å². The number of alkyl halides is 3. The number of nitrogens with zero attached hydrogens (tertiary/aromatic N) is 4. The summed E-state index contributed by atoms with van der Waals surface area (Å²) in [4.78, 5) is 7.24. The van der Waals surface area contributed by atoms with Crippen molar-refractivity contribution in [2.75, 3.05) is 11.9 Å². The summed E-state index contributed by atoms with van der Waals surface area (Å²) in [6.45, 7) is 2.65. The van der Waals surface area contributed by atoms with E-state index in [0.717, 1.165) is 25.3 Å². The molecule has 2 aromatic rings. The average Bonchev–Trinajstić information content (AvgIpc) is 3.14. The van der Waals surface area contributed by atoms with Crippen LogP contribution in [-0.4, -0.2) is 38.3 Å². The lowest BCUT2D eigenvalue weighted by Gasteiger charge is -2.24. The lowest BCUT2D eigenvalue weighted by Crippen LogP contribution is -2.33. The third-order valence-electron chi connectivity index (χ3n) is 3.73. The highest BCUT2D eigenvalue weighted by molar-refractivity contribution is 5.46. The molecule has 1 N–H and O–H groups in total. The van der Waals surface area contributed by atoms with Gasteiger partial charge in [-0.2, -0.15) is 27.8 Å². The van der Waals surface area contributed by atoms with Crippen molar-refractivity contribution in [1.29, 1.82) is 0 Å². The van der Waals surface area contributed by atoms with Crippen LogP contribution in [0.5, 0.6) is 0 Å². The van der Waals surface area contributed by atoms with Crippen LogP contribution >= 0.6 is 0 Å². The van der Waals surface area contributed by atoms with Gasteiger partial charge in [-0.05, 0) is 19.3 Å². The molecule has 1 aliphatic rings. The topological polar surface area (TPSA) is 64.3 Å². The molecule has 2 atom stereocenters. The zero-order chi connectivity index (χ0) is 15.7. The second-order valence-corrected chi connectivity index (χ2v) is 5.21. The van der Waals surface area contributed by atoms with Crippen molar-refractivity contribution in [3.8, 4) is 0 Å². The summed E-state index contributed by atoms with van der Waals surface area (Å²) in [7, 11) is 0. The van der Waals surface area contributed by atoms with Gasteiger partial charge in [0.25, 0.3) is 5.78 Å². The molecule has 1 fully saturated rings. The van der Waals surface area contributed by atoms with Gasteiger partial charge in [0, 0.05) is 12.7 Å². The predicted molar refractivity (Wildman–Crippen MR) is 72.5 cm³/mol. The smallest absolute Gasteiger partial charge is 0.376 e. The van der Waals surface area contributed by atoms with Crippen molar-refractivity contribution < 1.29 is 17.9 Å². The summed E-state index contributed by atoms with van der Waals surface area (Å²) < 4.78 is 45.7. The maximum atomic E-state index is 12.9. The highest BCUT2D eigenvalue weighted by Gasteiger charge is 2.34. The van der Waals surface area contributed by atoms with E-state index in [4.69, 9.17) is 4.74 Å². The molecule has 0 bridgehead atoms. The minimum atomic E-state index is -4.53. The van der Waals surface area contributed by atoms with Gasteiger partial charge in [-0.3, -0.25) is 0 Å². The van der Waals surface area contributed by atoms with E-state index in [9.17, 15) is 13.2 Å². The van der Waals surface area contributed by atoms with Crippen LogP contribution in [0.25, 0.3) is 5.78 Å². The Balaban J connectivity index is 1.95. The molecule has 2 unspecified atom stereocenters. The standard InChI is InChI=1S/C13H16F3N5O/c1-2-8(9-4-3-5-22-9)19-11-6-10(13(14,15)16)20-12-17-7-18-21(11)12/h6-9,19H,2-5H2,1H3. The van der Waals surface area contributed by atoms with E-state index in [1.54, 1.807) is 0 Å². The van der Waals surface area contributed by atoms with Gasteiger partial charge < -0.3 is 10.1 Å². The van der Waals surface area contributed by atoms with Gasteiger partial charge in [-0.15, -0.1) is 0 Å². The summed E-state index contributed by atoms with van der Waals surface area (Å²) in [6, 6.07) is 0.873. The summed E-state index contributed by atoms with van der Waals surface area (Å²) >= 11 is 0. The fourth-order valence-electron chi connectivity index (χ4n) is 2.63. The van der Waals surface area contributed by atoms with Crippen LogP contribution in [0.3, 0.4) is 0 Å². The molecule has 0 aliphatic carbocycles. The Kier molecular flexibility index (Phi) is 3.90. The first-order valence-electron chi connectivity index (χ1n) is 7.15. The molecule has 3 heterocycles. The zero-order valence-electron chi connectivity index (χ0n) is 12.0. The van der Waals surface area contributed by atoms with Gasteiger partial charge in [0.05, 0.1) is 12.1 Å². The molecule has 120 valence electrons. The molecule has 0 aromatic carbocycles. The van der Waals surface area contributed by atoms with E-state index >= 15 is 0 Å². The van der Waals surface area contributed by atoms with Crippen LogP contribution in [-0.2, 0) is 10.9 Å². The van der Waals surface area contributed by atoms with Crippen LogP contribution in [0.2, 0.25) is 0 Å². The third kappa shape index (κ3) is 2.85. The zero-order valence-corrected chi connectivity index (χ0v) is 12.0. The monoisotopic (exact) mass is 315 g/mol. The van der Waals surface area contributed by atoms with Crippen molar-refractivity contribution in [2.24, 2.45) is 0 Å². The second-order valence-electron chi connectivity index (χ2n) is 5.21. The maximum absolute atomic E-state index is 12.9. The van der Waals surface area contributed by atoms with Crippen molar-refractivity contribution in [1.82, 2.24) is 19.6 Å². The Morgan fingerprint density at radius 2 is 2.32 bits per heavy atom. The molecule has 0 radical (unpaired) electrons. The molecule has 0 amide bonds. The highest BCUT2D eigenvalue weighted by Crippen LogP contribution is 2.30. The van der Waals surface area contributed by atoms with Gasteiger partial charge in [0.1, 0.15) is 12.1 Å². The fourth-order valence-corrected chi connectivity index (χ4v) is 2.63. The molecule has 22 heavy (non-hydrogen) atoms. The maximum Gasteiger partial charge on any atom is 0.433 e. The van der Waals surface area contributed by atoms with Crippen molar-refractivity contribution >= 4 is 11.6 Å². The van der Waals surface area contributed by atoms with Crippen LogP contribution < -0.4 is 5.32 Å². The number of hydrogen-bond donors (Lipinski definition) is 1.